The zero-order valence-electron chi connectivity index (χ0n) is 24.6. The Hall–Kier alpha value is -4.35. The Morgan fingerprint density at radius 2 is 1.48 bits per heavy atom. The molecular weight excluding hydrogens is 580 g/mol. The van der Waals surface area contributed by atoms with Crippen LogP contribution in [0.5, 0.6) is 0 Å². The first-order valence-corrected chi connectivity index (χ1v) is 15.7. The molecule has 11 heteroatoms. The largest absolute Gasteiger partial charge is 0.481 e. The number of carboxylic acid groups (broad SMARTS) is 1. The van der Waals surface area contributed by atoms with Crippen LogP contribution in [0.25, 0.3) is 0 Å². The number of hydrogen-bond donors (Lipinski definition) is 5. The van der Waals surface area contributed by atoms with Gasteiger partial charge in [-0.2, -0.15) is 11.8 Å². The average molecular weight is 621 g/mol. The molecular formula is C33H40N4O6S. The van der Waals surface area contributed by atoms with E-state index in [2.05, 4.69) is 16.0 Å². The molecule has 0 radical (unpaired) electrons. The van der Waals surface area contributed by atoms with Gasteiger partial charge in [0.2, 0.25) is 11.8 Å². The van der Waals surface area contributed by atoms with Gasteiger partial charge in [-0.3, -0.25) is 14.4 Å². The Kier molecular flexibility index (Phi) is 14.8. The second-order valence-electron chi connectivity index (χ2n) is 10.2. The normalized spacial score (nSPS) is 12.0. The molecule has 0 aliphatic carbocycles. The number of unbranched alkanes of at least 4 members (excludes halogenated alkanes) is 1. The molecule has 3 amide bonds. The van der Waals surface area contributed by atoms with Crippen LogP contribution in [-0.4, -0.2) is 53.4 Å². The van der Waals surface area contributed by atoms with Gasteiger partial charge in [-0.15, -0.1) is 0 Å². The van der Waals surface area contributed by atoms with Gasteiger partial charge >= 0.3 is 12.1 Å². The summed E-state index contributed by atoms with van der Waals surface area (Å²) in [6.45, 7) is 0.532. The minimum atomic E-state index is -0.833. The molecule has 0 fully saturated rings. The predicted octanol–water partition coefficient (Wildman–Crippen LogP) is 4.48. The van der Waals surface area contributed by atoms with Crippen LogP contribution in [0.4, 0.5) is 10.5 Å². The maximum absolute atomic E-state index is 13.3. The summed E-state index contributed by atoms with van der Waals surface area (Å²) in [6, 6.07) is 24.4. The van der Waals surface area contributed by atoms with Crippen molar-refractivity contribution in [2.24, 2.45) is 5.73 Å². The molecule has 234 valence electrons. The summed E-state index contributed by atoms with van der Waals surface area (Å²) in [5.74, 6) is -0.440. The van der Waals surface area contributed by atoms with Gasteiger partial charge in [-0.25, -0.2) is 4.79 Å². The van der Waals surface area contributed by atoms with E-state index in [1.165, 1.54) is 11.8 Å². The van der Waals surface area contributed by atoms with Crippen molar-refractivity contribution in [2.75, 3.05) is 17.6 Å². The van der Waals surface area contributed by atoms with E-state index >= 15 is 0 Å². The molecule has 3 aromatic carbocycles. The smallest absolute Gasteiger partial charge is 0.407 e. The summed E-state index contributed by atoms with van der Waals surface area (Å²) < 4.78 is 5.22. The Bertz CT molecular complexity index is 1330. The summed E-state index contributed by atoms with van der Waals surface area (Å²) in [6.07, 6.45) is 1.39. The van der Waals surface area contributed by atoms with Crippen LogP contribution in [-0.2, 0) is 37.9 Å². The van der Waals surface area contributed by atoms with E-state index in [0.717, 1.165) is 16.7 Å². The first-order chi connectivity index (χ1) is 21.3. The van der Waals surface area contributed by atoms with Crippen molar-refractivity contribution in [1.82, 2.24) is 10.6 Å². The van der Waals surface area contributed by atoms with E-state index in [9.17, 15) is 19.2 Å². The van der Waals surface area contributed by atoms with E-state index in [0.29, 0.717) is 49.4 Å². The molecule has 0 saturated carbocycles. The van der Waals surface area contributed by atoms with Crippen molar-refractivity contribution >= 4 is 41.3 Å². The van der Waals surface area contributed by atoms with Gasteiger partial charge in [-0.1, -0.05) is 72.8 Å². The quantitative estimate of drug-likeness (QED) is 0.130. The zero-order chi connectivity index (χ0) is 31.6. The van der Waals surface area contributed by atoms with Crippen LogP contribution >= 0.6 is 11.8 Å². The summed E-state index contributed by atoms with van der Waals surface area (Å²) >= 11 is 1.52. The molecule has 0 unspecified atom stereocenters. The summed E-state index contributed by atoms with van der Waals surface area (Å²) in [7, 11) is 0. The fraction of sp³-hybridized carbons (Fsp3) is 0.333. The number of nitrogens with one attached hydrogen (secondary N) is 3. The highest BCUT2D eigenvalue weighted by Gasteiger charge is 2.24. The molecule has 0 aliphatic heterocycles. The molecule has 44 heavy (non-hydrogen) atoms. The first-order valence-electron chi connectivity index (χ1n) is 14.5. The molecule has 0 saturated heterocycles. The molecule has 0 heterocycles. The minimum Gasteiger partial charge on any atom is -0.481 e. The van der Waals surface area contributed by atoms with E-state index in [1.807, 2.05) is 72.8 Å². The molecule has 2 atom stereocenters. The molecule has 0 spiro atoms. The number of benzene rings is 3. The van der Waals surface area contributed by atoms with Crippen LogP contribution in [0.15, 0.2) is 84.9 Å². The summed E-state index contributed by atoms with van der Waals surface area (Å²) in [5.41, 5.74) is 9.56. The van der Waals surface area contributed by atoms with Crippen molar-refractivity contribution < 1.29 is 29.0 Å². The maximum Gasteiger partial charge on any atom is 0.407 e. The van der Waals surface area contributed by atoms with Crippen molar-refractivity contribution in [2.45, 2.75) is 56.5 Å². The van der Waals surface area contributed by atoms with Gasteiger partial charge in [0.25, 0.3) is 0 Å². The monoisotopic (exact) mass is 620 g/mol. The van der Waals surface area contributed by atoms with Crippen LogP contribution in [0.2, 0.25) is 0 Å². The van der Waals surface area contributed by atoms with E-state index in [1.54, 1.807) is 12.1 Å². The number of aliphatic carboxylic acids is 1. The molecule has 3 rings (SSSR count). The number of anilines is 1. The predicted molar refractivity (Wildman–Crippen MR) is 172 cm³/mol. The van der Waals surface area contributed by atoms with Crippen molar-refractivity contribution in [3.05, 3.63) is 102 Å². The molecule has 6 N–H and O–H groups in total. The van der Waals surface area contributed by atoms with Crippen LogP contribution in [0, 0.1) is 0 Å². The highest BCUT2D eigenvalue weighted by molar-refractivity contribution is 7.98. The number of rotatable bonds is 18. The lowest BCUT2D eigenvalue weighted by atomic mass is 10.0. The molecule has 0 bridgehead atoms. The fourth-order valence-corrected chi connectivity index (χ4v) is 5.10. The number of alkyl carbamates (subject to hydrolysis) is 1. The van der Waals surface area contributed by atoms with E-state index in [-0.39, 0.29) is 18.9 Å². The van der Waals surface area contributed by atoms with E-state index < -0.39 is 30.1 Å². The van der Waals surface area contributed by atoms with Gasteiger partial charge < -0.3 is 31.5 Å². The van der Waals surface area contributed by atoms with Gasteiger partial charge in [0.1, 0.15) is 12.6 Å². The van der Waals surface area contributed by atoms with Gasteiger partial charge in [0.05, 0.1) is 12.5 Å². The zero-order valence-corrected chi connectivity index (χ0v) is 25.4. The second-order valence-corrected chi connectivity index (χ2v) is 11.3. The maximum atomic E-state index is 13.3. The third kappa shape index (κ3) is 13.3. The first kappa shape index (κ1) is 34.1. The van der Waals surface area contributed by atoms with Gasteiger partial charge in [0, 0.05) is 23.7 Å². The fourth-order valence-electron chi connectivity index (χ4n) is 4.21. The number of carboxylic acids is 1. The van der Waals surface area contributed by atoms with Crippen molar-refractivity contribution in [3.63, 3.8) is 0 Å². The number of thioether (sulfide) groups is 1. The number of amides is 3. The molecule has 0 aromatic heterocycles. The number of nitrogens with two attached hydrogens (primary N) is 1. The third-order valence-corrected chi connectivity index (χ3v) is 7.65. The Morgan fingerprint density at radius 3 is 2.14 bits per heavy atom. The number of carbonyl (C=O) groups is 4. The minimum absolute atomic E-state index is 0.106. The lowest BCUT2D eigenvalue weighted by Gasteiger charge is -2.21. The Labute approximate surface area is 262 Å². The topological polar surface area (TPSA) is 160 Å². The average Bonchev–Trinajstić information content (AvgIpc) is 3.03. The number of hydrogen-bond acceptors (Lipinski definition) is 7. The number of carbonyl (C=O) groups excluding carboxylic acids is 3. The Morgan fingerprint density at radius 1 is 0.818 bits per heavy atom. The van der Waals surface area contributed by atoms with Gasteiger partial charge in [-0.05, 0) is 54.5 Å². The van der Waals surface area contributed by atoms with Crippen LogP contribution in [0.3, 0.4) is 0 Å². The van der Waals surface area contributed by atoms with Crippen LogP contribution in [0.1, 0.15) is 42.4 Å². The molecule has 10 nitrogen and oxygen atoms in total. The highest BCUT2D eigenvalue weighted by atomic mass is 32.2. The molecule has 3 aromatic rings. The summed E-state index contributed by atoms with van der Waals surface area (Å²) in [4.78, 5) is 48.9. The SMILES string of the molecule is N[C@@H](Cc1ccccc1)C(=O)N[C@H](CCCCNC(=O)OCc1ccccc1)C(=O)Nc1ccc(CSCCC(=O)O)cc1. The van der Waals surface area contributed by atoms with E-state index in [4.69, 9.17) is 15.6 Å². The lowest BCUT2D eigenvalue weighted by Crippen LogP contribution is -2.50. The number of ether oxygens (including phenoxy) is 1. The lowest BCUT2D eigenvalue weighted by molar-refractivity contribution is -0.136. The third-order valence-electron chi connectivity index (χ3n) is 6.62. The molecule has 0 aliphatic rings. The highest BCUT2D eigenvalue weighted by Crippen LogP contribution is 2.17. The van der Waals surface area contributed by atoms with Gasteiger partial charge in [0.15, 0.2) is 0 Å². The van der Waals surface area contributed by atoms with Crippen molar-refractivity contribution in [1.29, 1.82) is 0 Å². The van der Waals surface area contributed by atoms with Crippen molar-refractivity contribution in [3.8, 4) is 0 Å². The standard InChI is InChI=1S/C33H40N4O6S/c34-28(21-24-9-3-1-4-10-24)31(40)37-29(13-7-8-19-35-33(42)43-22-25-11-5-2-6-12-25)32(41)36-27-16-14-26(15-17-27)23-44-20-18-30(38)39/h1-6,9-12,14-17,28-29H,7-8,13,18-23,34H2,(H,35,42)(H,36,41)(H,37,40)(H,38,39)/t28-,29+/m0/s1. The second kappa shape index (κ2) is 19.0. The van der Waals surface area contributed by atoms with Crippen LogP contribution < -0.4 is 21.7 Å². The summed E-state index contributed by atoms with van der Waals surface area (Å²) in [5, 5.41) is 17.2. The Balaban J connectivity index is 1.50.